The lowest BCUT2D eigenvalue weighted by atomic mass is 10.1. The normalized spacial score (nSPS) is 11.3. The number of rotatable bonds is 8. The average molecular weight is 441 g/mol. The van der Waals surface area contributed by atoms with Gasteiger partial charge < -0.3 is 5.32 Å². The topological polar surface area (TPSA) is 76.1 Å². The molecule has 0 saturated carbocycles. The van der Waals surface area contributed by atoms with E-state index in [0.717, 1.165) is 16.7 Å². The predicted octanol–water partition coefficient (Wildman–Crippen LogP) is 4.19. The molecule has 156 valence electrons. The third kappa shape index (κ3) is 5.93. The Balaban J connectivity index is 1.63. The van der Waals surface area contributed by atoms with Gasteiger partial charge in [0.05, 0.1) is 16.2 Å². The summed E-state index contributed by atoms with van der Waals surface area (Å²) in [5.74, 6) is 0.0590. The zero-order chi connectivity index (χ0) is 21.6. The highest BCUT2D eigenvalue weighted by atomic mass is 32.2. The van der Waals surface area contributed by atoms with Crippen molar-refractivity contribution >= 4 is 27.5 Å². The van der Waals surface area contributed by atoms with Gasteiger partial charge in [-0.15, -0.1) is 11.8 Å². The van der Waals surface area contributed by atoms with Gasteiger partial charge in [-0.1, -0.05) is 47.5 Å². The molecule has 1 amide bonds. The Kier molecular flexibility index (Phi) is 7.29. The number of nitrogens with zero attached hydrogens (tertiary/aromatic N) is 1. The molecule has 0 atom stereocenters. The summed E-state index contributed by atoms with van der Waals surface area (Å²) in [6.45, 7) is 4.47. The van der Waals surface area contributed by atoms with Gasteiger partial charge in [0.25, 0.3) is 5.91 Å². The highest BCUT2D eigenvalue weighted by Gasteiger charge is 2.16. The maximum atomic E-state index is 12.7. The Labute approximate surface area is 181 Å². The molecule has 0 aliphatic heterocycles. The number of sulfone groups is 1. The summed E-state index contributed by atoms with van der Waals surface area (Å²) in [6, 6.07) is 18.0. The molecule has 1 N–H and O–H groups in total. The van der Waals surface area contributed by atoms with Crippen molar-refractivity contribution in [2.45, 2.75) is 30.3 Å². The number of benzene rings is 2. The van der Waals surface area contributed by atoms with Crippen LogP contribution in [-0.2, 0) is 16.4 Å². The van der Waals surface area contributed by atoms with Crippen molar-refractivity contribution in [1.29, 1.82) is 0 Å². The molecule has 0 aliphatic carbocycles. The maximum absolute atomic E-state index is 12.7. The van der Waals surface area contributed by atoms with E-state index in [1.165, 1.54) is 11.8 Å². The molecular formula is C23H24N2O3S2. The van der Waals surface area contributed by atoms with Crippen molar-refractivity contribution in [3.8, 4) is 0 Å². The summed E-state index contributed by atoms with van der Waals surface area (Å²) >= 11 is 1.27. The van der Waals surface area contributed by atoms with E-state index in [1.54, 1.807) is 48.7 Å². The lowest BCUT2D eigenvalue weighted by Gasteiger charge is -2.10. The van der Waals surface area contributed by atoms with Gasteiger partial charge in [-0.05, 0) is 43.7 Å². The standard InChI is InChI=1S/C23H24N2O3S2/c1-17-13-18(2)15-19(14-17)16-25-22(26)21-9-6-10-24-23(21)29-11-12-30(27,28)20-7-4-3-5-8-20/h3-10,13-15H,11-12,16H2,1-2H3,(H,25,26). The van der Waals surface area contributed by atoms with Gasteiger partial charge in [-0.2, -0.15) is 0 Å². The molecule has 7 heteroatoms. The summed E-state index contributed by atoms with van der Waals surface area (Å²) in [5.41, 5.74) is 3.78. The molecule has 1 heterocycles. The van der Waals surface area contributed by atoms with Crippen molar-refractivity contribution in [3.05, 3.63) is 89.1 Å². The summed E-state index contributed by atoms with van der Waals surface area (Å²) < 4.78 is 24.9. The van der Waals surface area contributed by atoms with Crippen molar-refractivity contribution in [2.75, 3.05) is 11.5 Å². The van der Waals surface area contributed by atoms with Crippen LogP contribution in [-0.4, -0.2) is 30.8 Å². The third-order valence-corrected chi connectivity index (χ3v) is 7.44. The zero-order valence-corrected chi connectivity index (χ0v) is 18.6. The van der Waals surface area contributed by atoms with E-state index < -0.39 is 9.84 Å². The van der Waals surface area contributed by atoms with Gasteiger partial charge in [0.1, 0.15) is 5.03 Å². The lowest BCUT2D eigenvalue weighted by molar-refractivity contribution is 0.0947. The molecule has 0 bridgehead atoms. The van der Waals surface area contributed by atoms with Gasteiger partial charge in [0, 0.05) is 18.5 Å². The number of hydrogen-bond acceptors (Lipinski definition) is 5. The smallest absolute Gasteiger partial charge is 0.254 e. The van der Waals surface area contributed by atoms with Crippen molar-refractivity contribution in [2.24, 2.45) is 0 Å². The molecule has 0 radical (unpaired) electrons. The van der Waals surface area contributed by atoms with Crippen molar-refractivity contribution in [1.82, 2.24) is 10.3 Å². The van der Waals surface area contributed by atoms with Crippen LogP contribution in [0.5, 0.6) is 0 Å². The summed E-state index contributed by atoms with van der Waals surface area (Å²) in [7, 11) is -3.37. The molecule has 3 aromatic rings. The quantitative estimate of drug-likeness (QED) is 0.532. The minimum absolute atomic E-state index is 0.0259. The van der Waals surface area contributed by atoms with E-state index in [2.05, 4.69) is 16.4 Å². The molecule has 0 aliphatic rings. The second-order valence-corrected chi connectivity index (χ2v) is 10.2. The van der Waals surface area contributed by atoms with Crippen LogP contribution in [0.25, 0.3) is 0 Å². The van der Waals surface area contributed by atoms with Crippen LogP contribution in [0.2, 0.25) is 0 Å². The van der Waals surface area contributed by atoms with Gasteiger partial charge in [-0.3, -0.25) is 4.79 Å². The number of thioether (sulfide) groups is 1. The Morgan fingerprint density at radius 3 is 2.40 bits per heavy atom. The molecule has 0 saturated heterocycles. The van der Waals surface area contributed by atoms with Crippen LogP contribution in [0.4, 0.5) is 0 Å². The first-order valence-electron chi connectivity index (χ1n) is 9.56. The van der Waals surface area contributed by atoms with Crippen LogP contribution in [0.3, 0.4) is 0 Å². The lowest BCUT2D eigenvalue weighted by Crippen LogP contribution is -2.24. The largest absolute Gasteiger partial charge is 0.348 e. The number of amides is 1. The monoisotopic (exact) mass is 440 g/mol. The Bertz CT molecular complexity index is 1110. The molecule has 3 rings (SSSR count). The number of carbonyl (C=O) groups excluding carboxylic acids is 1. The number of nitrogens with one attached hydrogen (secondary N) is 1. The fourth-order valence-electron chi connectivity index (χ4n) is 3.12. The third-order valence-electron chi connectivity index (χ3n) is 4.44. The zero-order valence-electron chi connectivity index (χ0n) is 17.0. The first kappa shape index (κ1) is 22.1. The van der Waals surface area contributed by atoms with Crippen LogP contribution in [0, 0.1) is 13.8 Å². The van der Waals surface area contributed by atoms with Crippen LogP contribution < -0.4 is 5.32 Å². The van der Waals surface area contributed by atoms with Crippen molar-refractivity contribution < 1.29 is 13.2 Å². The molecule has 30 heavy (non-hydrogen) atoms. The minimum atomic E-state index is -3.37. The fourth-order valence-corrected chi connectivity index (χ4v) is 5.78. The van der Waals surface area contributed by atoms with Crippen molar-refractivity contribution in [3.63, 3.8) is 0 Å². The fraction of sp³-hybridized carbons (Fsp3) is 0.217. The van der Waals surface area contributed by atoms with Gasteiger partial charge in [-0.25, -0.2) is 13.4 Å². The summed E-state index contributed by atoms with van der Waals surface area (Å²) in [5, 5.41) is 3.46. The Morgan fingerprint density at radius 1 is 1.00 bits per heavy atom. The van der Waals surface area contributed by atoms with Crippen LogP contribution >= 0.6 is 11.8 Å². The number of pyridine rings is 1. The number of hydrogen-bond donors (Lipinski definition) is 1. The first-order valence-corrected chi connectivity index (χ1v) is 12.2. The molecular weight excluding hydrogens is 416 g/mol. The molecule has 0 fully saturated rings. The average Bonchev–Trinajstić information content (AvgIpc) is 2.72. The molecule has 0 unspecified atom stereocenters. The molecule has 5 nitrogen and oxygen atoms in total. The summed E-state index contributed by atoms with van der Waals surface area (Å²) in [6.07, 6.45) is 1.61. The minimum Gasteiger partial charge on any atom is -0.348 e. The maximum Gasteiger partial charge on any atom is 0.254 e. The van der Waals surface area contributed by atoms with Gasteiger partial charge in [0.15, 0.2) is 9.84 Å². The number of carbonyl (C=O) groups is 1. The molecule has 1 aromatic heterocycles. The van der Waals surface area contributed by atoms with Crippen LogP contribution in [0.15, 0.2) is 76.8 Å². The van der Waals surface area contributed by atoms with E-state index in [9.17, 15) is 13.2 Å². The Hall–Kier alpha value is -2.64. The summed E-state index contributed by atoms with van der Waals surface area (Å²) in [4.78, 5) is 17.3. The number of aryl methyl sites for hydroxylation is 2. The predicted molar refractivity (Wildman–Crippen MR) is 121 cm³/mol. The SMILES string of the molecule is Cc1cc(C)cc(CNC(=O)c2cccnc2SCCS(=O)(=O)c2ccccc2)c1. The van der Waals surface area contributed by atoms with Gasteiger partial charge >= 0.3 is 0 Å². The van der Waals surface area contributed by atoms with E-state index in [4.69, 9.17) is 0 Å². The molecule has 2 aromatic carbocycles. The highest BCUT2D eigenvalue weighted by Crippen LogP contribution is 2.22. The second kappa shape index (κ2) is 9.91. The second-order valence-electron chi connectivity index (χ2n) is 7.02. The van der Waals surface area contributed by atoms with E-state index >= 15 is 0 Å². The van der Waals surface area contributed by atoms with Gasteiger partial charge in [0.2, 0.25) is 0 Å². The van der Waals surface area contributed by atoms with E-state index in [1.807, 2.05) is 26.0 Å². The Morgan fingerprint density at radius 2 is 1.70 bits per heavy atom. The van der Waals surface area contributed by atoms with E-state index in [0.29, 0.717) is 27.8 Å². The highest BCUT2D eigenvalue weighted by molar-refractivity contribution is 8.00. The van der Waals surface area contributed by atoms with E-state index in [-0.39, 0.29) is 11.7 Å². The van der Waals surface area contributed by atoms with Crippen LogP contribution in [0.1, 0.15) is 27.0 Å². The first-order chi connectivity index (χ1) is 14.3. The molecule has 0 spiro atoms. The number of aromatic nitrogens is 1.